The van der Waals surface area contributed by atoms with Crippen LogP contribution in [0.2, 0.25) is 0 Å². The van der Waals surface area contributed by atoms with E-state index in [2.05, 4.69) is 5.32 Å². The maximum atomic E-state index is 11.1. The van der Waals surface area contributed by atoms with Crippen molar-refractivity contribution in [2.75, 3.05) is 13.2 Å². The highest BCUT2D eigenvalue weighted by molar-refractivity contribution is 5.77. The molecule has 0 saturated heterocycles. The molecule has 0 saturated carbocycles. The highest BCUT2D eigenvalue weighted by Gasteiger charge is 2.01. The van der Waals surface area contributed by atoms with Crippen molar-refractivity contribution in [3.8, 4) is 17.9 Å². The zero-order valence-electron chi connectivity index (χ0n) is 8.43. The van der Waals surface area contributed by atoms with Gasteiger partial charge in [0.15, 0.2) is 6.61 Å². The highest BCUT2D eigenvalue weighted by Crippen LogP contribution is 2.10. The van der Waals surface area contributed by atoms with Crippen LogP contribution in [0.5, 0.6) is 5.75 Å². The van der Waals surface area contributed by atoms with Gasteiger partial charge in [0, 0.05) is 0 Å². The second kappa shape index (κ2) is 6.05. The smallest absolute Gasteiger partial charge is 0.258 e. The fraction of sp³-hybridized carbons (Fsp3) is 0.182. The normalized spacial score (nSPS) is 8.62. The van der Waals surface area contributed by atoms with E-state index in [9.17, 15) is 4.79 Å². The summed E-state index contributed by atoms with van der Waals surface area (Å²) in [5.74, 6) is 0.150. The van der Waals surface area contributed by atoms with E-state index in [0.29, 0.717) is 11.3 Å². The number of ether oxygens (including phenoxy) is 1. The van der Waals surface area contributed by atoms with Gasteiger partial charge in [0.2, 0.25) is 0 Å². The molecule has 0 spiro atoms. The molecule has 1 rings (SSSR count). The number of hydrogen-bond donors (Lipinski definition) is 1. The lowest BCUT2D eigenvalue weighted by Crippen LogP contribution is -2.28. The van der Waals surface area contributed by atoms with Gasteiger partial charge < -0.3 is 10.1 Å². The van der Waals surface area contributed by atoms with Crippen molar-refractivity contribution in [3.05, 3.63) is 29.8 Å². The lowest BCUT2D eigenvalue weighted by atomic mass is 10.2. The molecule has 1 N–H and O–H groups in total. The van der Waals surface area contributed by atoms with E-state index in [4.69, 9.17) is 15.3 Å². The van der Waals surface area contributed by atoms with Gasteiger partial charge in [-0.3, -0.25) is 4.79 Å². The minimum Gasteiger partial charge on any atom is -0.484 e. The molecular formula is C11H9N3O2. The van der Waals surface area contributed by atoms with Gasteiger partial charge in [-0.1, -0.05) is 0 Å². The molecule has 5 nitrogen and oxygen atoms in total. The summed E-state index contributed by atoms with van der Waals surface area (Å²) in [4.78, 5) is 11.1. The van der Waals surface area contributed by atoms with E-state index in [1.807, 2.05) is 6.07 Å². The molecule has 0 aliphatic heterocycles. The molecule has 1 amide bonds. The molecule has 1 aromatic rings. The number of carbonyl (C=O) groups is 1. The fourth-order valence-electron chi connectivity index (χ4n) is 0.964. The van der Waals surface area contributed by atoms with Crippen molar-refractivity contribution in [2.45, 2.75) is 0 Å². The monoisotopic (exact) mass is 215 g/mol. The molecule has 1 aromatic carbocycles. The first kappa shape index (κ1) is 11.5. The van der Waals surface area contributed by atoms with Crippen LogP contribution < -0.4 is 10.1 Å². The first-order chi connectivity index (χ1) is 7.76. The van der Waals surface area contributed by atoms with Gasteiger partial charge in [0.1, 0.15) is 12.3 Å². The van der Waals surface area contributed by atoms with E-state index in [-0.39, 0.29) is 19.1 Å². The standard InChI is InChI=1S/C11H9N3O2/c12-5-6-14-11(15)8-16-10-3-1-9(7-13)2-4-10/h1-4H,6,8H2,(H,14,15). The molecule has 80 valence electrons. The Balaban J connectivity index is 2.40. The maximum Gasteiger partial charge on any atom is 0.258 e. The fourth-order valence-corrected chi connectivity index (χ4v) is 0.964. The van der Waals surface area contributed by atoms with E-state index < -0.39 is 0 Å². The zero-order chi connectivity index (χ0) is 11.8. The van der Waals surface area contributed by atoms with Crippen LogP contribution in [0.25, 0.3) is 0 Å². The maximum absolute atomic E-state index is 11.1. The number of hydrogen-bond acceptors (Lipinski definition) is 4. The van der Waals surface area contributed by atoms with Crippen molar-refractivity contribution in [1.29, 1.82) is 10.5 Å². The molecule has 0 unspecified atom stereocenters. The van der Waals surface area contributed by atoms with Gasteiger partial charge in [0.25, 0.3) is 5.91 Å². The summed E-state index contributed by atoms with van der Waals surface area (Å²) in [5, 5.41) is 19.1. The predicted octanol–water partition coefficient (Wildman–Crippen LogP) is 0.577. The summed E-state index contributed by atoms with van der Waals surface area (Å²) in [5.41, 5.74) is 0.529. The Bertz CT molecular complexity index is 440. The van der Waals surface area contributed by atoms with Crippen LogP contribution >= 0.6 is 0 Å². The van der Waals surface area contributed by atoms with Crippen LogP contribution in [0, 0.1) is 22.7 Å². The topological polar surface area (TPSA) is 85.9 Å². The predicted molar refractivity (Wildman–Crippen MR) is 55.3 cm³/mol. The van der Waals surface area contributed by atoms with Crippen LogP contribution in [0.1, 0.15) is 5.56 Å². The Morgan fingerprint density at radius 1 is 1.31 bits per heavy atom. The van der Waals surface area contributed by atoms with Crippen molar-refractivity contribution in [2.24, 2.45) is 0 Å². The minimum absolute atomic E-state index is 0.0322. The van der Waals surface area contributed by atoms with Crippen LogP contribution in [-0.4, -0.2) is 19.1 Å². The number of rotatable bonds is 4. The number of nitriles is 2. The highest BCUT2D eigenvalue weighted by atomic mass is 16.5. The Morgan fingerprint density at radius 2 is 2.00 bits per heavy atom. The number of nitrogens with one attached hydrogen (secondary N) is 1. The van der Waals surface area contributed by atoms with Crippen molar-refractivity contribution in [1.82, 2.24) is 5.32 Å². The Morgan fingerprint density at radius 3 is 2.56 bits per heavy atom. The van der Waals surface area contributed by atoms with Crippen LogP contribution in [-0.2, 0) is 4.79 Å². The van der Waals surface area contributed by atoms with Gasteiger partial charge in [-0.15, -0.1) is 0 Å². The van der Waals surface area contributed by atoms with Gasteiger partial charge in [-0.2, -0.15) is 10.5 Å². The summed E-state index contributed by atoms with van der Waals surface area (Å²) >= 11 is 0. The summed E-state index contributed by atoms with van der Waals surface area (Å²) in [7, 11) is 0. The summed E-state index contributed by atoms with van der Waals surface area (Å²) < 4.78 is 5.13. The van der Waals surface area contributed by atoms with E-state index in [0.717, 1.165) is 0 Å². The molecule has 0 aliphatic rings. The molecule has 5 heteroatoms. The molecule has 0 bridgehead atoms. The summed E-state index contributed by atoms with van der Waals surface area (Å²) in [6.07, 6.45) is 0. The van der Waals surface area contributed by atoms with Crippen molar-refractivity contribution < 1.29 is 9.53 Å². The summed E-state index contributed by atoms with van der Waals surface area (Å²) in [6.45, 7) is -0.177. The van der Waals surface area contributed by atoms with Crippen molar-refractivity contribution >= 4 is 5.91 Å². The third-order valence-corrected chi connectivity index (χ3v) is 1.72. The number of carbonyl (C=O) groups excluding carboxylic acids is 1. The Hall–Kier alpha value is -2.53. The van der Waals surface area contributed by atoms with Gasteiger partial charge in [-0.25, -0.2) is 0 Å². The average molecular weight is 215 g/mol. The van der Waals surface area contributed by atoms with Gasteiger partial charge >= 0.3 is 0 Å². The molecule has 0 aromatic heterocycles. The Kier molecular flexibility index (Phi) is 4.36. The SMILES string of the molecule is N#CCNC(=O)COc1ccc(C#N)cc1. The molecule has 16 heavy (non-hydrogen) atoms. The van der Waals surface area contributed by atoms with Crippen LogP contribution in [0.3, 0.4) is 0 Å². The first-order valence-corrected chi connectivity index (χ1v) is 4.53. The molecule has 0 heterocycles. The second-order valence-corrected chi connectivity index (χ2v) is 2.86. The summed E-state index contributed by atoms with van der Waals surface area (Å²) in [6, 6.07) is 10.2. The largest absolute Gasteiger partial charge is 0.484 e. The molecular weight excluding hydrogens is 206 g/mol. The number of benzene rings is 1. The second-order valence-electron chi connectivity index (χ2n) is 2.86. The lowest BCUT2D eigenvalue weighted by molar-refractivity contribution is -0.122. The zero-order valence-corrected chi connectivity index (χ0v) is 8.43. The quantitative estimate of drug-likeness (QED) is 0.744. The van der Waals surface area contributed by atoms with Crippen molar-refractivity contribution in [3.63, 3.8) is 0 Å². The van der Waals surface area contributed by atoms with E-state index in [1.54, 1.807) is 30.3 Å². The third kappa shape index (κ3) is 3.69. The molecule has 0 atom stereocenters. The number of nitrogens with zero attached hydrogens (tertiary/aromatic N) is 2. The van der Waals surface area contributed by atoms with Gasteiger partial charge in [-0.05, 0) is 24.3 Å². The van der Waals surface area contributed by atoms with E-state index in [1.165, 1.54) is 0 Å². The van der Waals surface area contributed by atoms with Crippen LogP contribution in [0.15, 0.2) is 24.3 Å². The first-order valence-electron chi connectivity index (χ1n) is 4.53. The third-order valence-electron chi connectivity index (χ3n) is 1.72. The molecule has 0 aliphatic carbocycles. The number of amides is 1. The molecule has 0 fully saturated rings. The average Bonchev–Trinajstić information content (AvgIpc) is 2.34. The minimum atomic E-state index is -0.356. The van der Waals surface area contributed by atoms with Crippen LogP contribution in [0.4, 0.5) is 0 Å². The van der Waals surface area contributed by atoms with E-state index >= 15 is 0 Å². The van der Waals surface area contributed by atoms with Gasteiger partial charge in [0.05, 0.1) is 17.7 Å². The molecule has 0 radical (unpaired) electrons. The lowest BCUT2D eigenvalue weighted by Gasteiger charge is -2.04. The Labute approximate surface area is 92.9 Å².